The van der Waals surface area contributed by atoms with Crippen molar-refractivity contribution in [1.82, 2.24) is 10.6 Å². The van der Waals surface area contributed by atoms with Crippen molar-refractivity contribution < 1.29 is 27.6 Å². The minimum Gasteiger partial charge on any atom is -0.353 e. The highest BCUT2D eigenvalue weighted by molar-refractivity contribution is 7.88. The number of urea groups is 1. The van der Waals surface area contributed by atoms with Crippen molar-refractivity contribution in [3.63, 3.8) is 0 Å². The van der Waals surface area contributed by atoms with Crippen molar-refractivity contribution in [1.29, 1.82) is 0 Å². The lowest BCUT2D eigenvalue weighted by Gasteiger charge is -2.26. The van der Waals surface area contributed by atoms with Crippen molar-refractivity contribution >= 4 is 27.7 Å². The van der Waals surface area contributed by atoms with E-state index in [9.17, 15) is 18.0 Å². The highest BCUT2D eigenvalue weighted by Gasteiger charge is 2.32. The largest absolute Gasteiger partial charge is 0.353 e. The lowest BCUT2D eigenvalue weighted by molar-refractivity contribution is -0.134. The average molecular weight is 458 g/mol. The van der Waals surface area contributed by atoms with E-state index in [1.165, 1.54) is 0 Å². The van der Waals surface area contributed by atoms with Gasteiger partial charge in [-0.3, -0.25) is 9.69 Å². The normalized spacial score (nSPS) is 13.4. The van der Waals surface area contributed by atoms with Gasteiger partial charge in [0.25, 0.3) is 0 Å². The molecule has 0 radical (unpaired) electrons. The molecule has 0 bridgehead atoms. The predicted octanol–water partition coefficient (Wildman–Crippen LogP) is 0.379. The molecule has 1 atom stereocenters. The van der Waals surface area contributed by atoms with E-state index in [0.717, 1.165) is 11.1 Å². The van der Waals surface area contributed by atoms with Crippen LogP contribution < -0.4 is 21.3 Å². The van der Waals surface area contributed by atoms with Gasteiger partial charge in [0.1, 0.15) is 0 Å². The number of carbonyl (C=O) groups excluding carboxylic acids is 2. The van der Waals surface area contributed by atoms with Crippen LogP contribution in [-0.2, 0) is 25.8 Å². The molecule has 1 aliphatic rings. The fourth-order valence-corrected chi connectivity index (χ4v) is 3.82. The molecule has 1 heterocycles. The van der Waals surface area contributed by atoms with E-state index in [1.807, 2.05) is 42.5 Å². The fraction of sp³-hybridized carbons (Fsp3) is 0.238. The Balaban J connectivity index is 1.68. The molecule has 10 nitrogen and oxygen atoms in total. The number of benzene rings is 2. The Morgan fingerprint density at radius 3 is 2.41 bits per heavy atom. The summed E-state index contributed by atoms with van der Waals surface area (Å²) in [5.74, 6) is 5.29. The molecule has 0 spiro atoms. The van der Waals surface area contributed by atoms with E-state index in [-0.39, 0.29) is 13.1 Å². The molecule has 2 aromatic rings. The third kappa shape index (κ3) is 5.24. The SMILES string of the molecule is NCC(C(=O)NCCNC(=O)N1Cc2ccccc2C#Cc2ccccc21)S(=O)(=O)OO. The van der Waals surface area contributed by atoms with E-state index in [1.54, 1.807) is 11.0 Å². The van der Waals surface area contributed by atoms with Gasteiger partial charge < -0.3 is 16.4 Å². The second-order valence-corrected chi connectivity index (χ2v) is 8.53. The summed E-state index contributed by atoms with van der Waals surface area (Å²) in [5.41, 5.74) is 8.34. The first kappa shape index (κ1) is 23.2. The van der Waals surface area contributed by atoms with Crippen LogP contribution in [0.5, 0.6) is 0 Å². The highest BCUT2D eigenvalue weighted by atomic mass is 32.2. The maximum absolute atomic E-state index is 13.0. The third-order valence-electron chi connectivity index (χ3n) is 4.78. The smallest absolute Gasteiger partial charge is 0.322 e. The number of nitrogens with one attached hydrogen (secondary N) is 2. The van der Waals surface area contributed by atoms with Crippen LogP contribution in [0, 0.1) is 11.8 Å². The van der Waals surface area contributed by atoms with Crippen LogP contribution in [-0.4, -0.2) is 50.5 Å². The van der Waals surface area contributed by atoms with Crippen LogP contribution >= 0.6 is 0 Å². The molecule has 1 unspecified atom stereocenters. The summed E-state index contributed by atoms with van der Waals surface area (Å²) in [6.45, 7) is -0.324. The maximum atomic E-state index is 13.0. The van der Waals surface area contributed by atoms with Gasteiger partial charge in [0, 0.05) is 30.8 Å². The van der Waals surface area contributed by atoms with Gasteiger partial charge in [0.2, 0.25) is 5.91 Å². The maximum Gasteiger partial charge on any atom is 0.322 e. The molecule has 11 heteroatoms. The number of anilines is 1. The summed E-state index contributed by atoms with van der Waals surface area (Å²) in [6, 6.07) is 14.4. The molecule has 1 aliphatic heterocycles. The zero-order valence-electron chi connectivity index (χ0n) is 16.9. The minimum absolute atomic E-state index is 0.0217. The molecule has 2 aromatic carbocycles. The van der Waals surface area contributed by atoms with E-state index < -0.39 is 33.9 Å². The number of nitrogens with zero attached hydrogens (tertiary/aromatic N) is 1. The molecule has 5 N–H and O–H groups in total. The summed E-state index contributed by atoms with van der Waals surface area (Å²) >= 11 is 0. The molecule has 32 heavy (non-hydrogen) atoms. The van der Waals surface area contributed by atoms with Crippen molar-refractivity contribution in [3.05, 3.63) is 65.2 Å². The first-order valence-corrected chi connectivity index (χ1v) is 11.1. The predicted molar refractivity (Wildman–Crippen MR) is 117 cm³/mol. The molecular formula is C21H22N4O6S. The topological polar surface area (TPSA) is 151 Å². The van der Waals surface area contributed by atoms with Gasteiger partial charge in [-0.2, -0.15) is 8.42 Å². The number of hydrogen-bond donors (Lipinski definition) is 4. The Labute approximate surface area is 185 Å². The average Bonchev–Trinajstić information content (AvgIpc) is 2.78. The summed E-state index contributed by atoms with van der Waals surface area (Å²) in [4.78, 5) is 26.5. The number of fused-ring (bicyclic) bond motifs is 2. The molecular weight excluding hydrogens is 436 g/mol. The molecule has 168 valence electrons. The summed E-state index contributed by atoms with van der Waals surface area (Å²) < 4.78 is 26.4. The molecule has 0 aliphatic carbocycles. The van der Waals surface area contributed by atoms with Crippen LogP contribution in [0.4, 0.5) is 10.5 Å². The molecule has 0 fully saturated rings. The first-order valence-electron chi connectivity index (χ1n) is 9.66. The number of carbonyl (C=O) groups is 2. The Hall–Kier alpha value is -3.43. The Morgan fingerprint density at radius 1 is 1.06 bits per heavy atom. The van der Waals surface area contributed by atoms with E-state index in [4.69, 9.17) is 11.0 Å². The standard InChI is InChI=1S/C21H22N4O6S/c22-13-19(32(29,30)31-28)20(26)23-11-12-24-21(27)25-14-17-7-2-1-5-15(17)9-10-16-6-3-4-8-18(16)25/h1-8,19,28H,11-14,22H2,(H,23,26)(H,24,27). The first-order chi connectivity index (χ1) is 15.4. The van der Waals surface area contributed by atoms with Gasteiger partial charge in [-0.15, -0.1) is 4.33 Å². The highest BCUT2D eigenvalue weighted by Crippen LogP contribution is 2.25. The van der Waals surface area contributed by atoms with Gasteiger partial charge >= 0.3 is 16.1 Å². The number of hydrogen-bond acceptors (Lipinski definition) is 7. The Kier molecular flexibility index (Phi) is 7.45. The fourth-order valence-electron chi connectivity index (χ4n) is 3.14. The number of rotatable bonds is 7. The van der Waals surface area contributed by atoms with Crippen molar-refractivity contribution in [3.8, 4) is 11.8 Å². The van der Waals surface area contributed by atoms with Gasteiger partial charge in [0.15, 0.2) is 5.25 Å². The molecule has 3 rings (SSSR count). The van der Waals surface area contributed by atoms with Crippen molar-refractivity contribution in [2.24, 2.45) is 5.73 Å². The summed E-state index contributed by atoms with van der Waals surface area (Å²) in [5, 5.41) is 11.7. The second kappa shape index (κ2) is 10.3. The number of para-hydroxylation sites is 1. The number of nitrogens with two attached hydrogens (primary N) is 1. The zero-order valence-corrected chi connectivity index (χ0v) is 17.8. The zero-order chi connectivity index (χ0) is 23.1. The number of amides is 3. The van der Waals surface area contributed by atoms with Gasteiger partial charge in [-0.25, -0.2) is 10.1 Å². The van der Waals surface area contributed by atoms with Crippen molar-refractivity contribution in [2.45, 2.75) is 11.8 Å². The summed E-state index contributed by atoms with van der Waals surface area (Å²) in [7, 11) is -4.54. The summed E-state index contributed by atoms with van der Waals surface area (Å²) in [6.07, 6.45) is 0. The third-order valence-corrected chi connectivity index (χ3v) is 6.09. The lowest BCUT2D eigenvalue weighted by atomic mass is 10.0. The van der Waals surface area contributed by atoms with Crippen LogP contribution in [0.3, 0.4) is 0 Å². The van der Waals surface area contributed by atoms with Crippen LogP contribution in [0.2, 0.25) is 0 Å². The second-order valence-electron chi connectivity index (χ2n) is 6.83. The Morgan fingerprint density at radius 2 is 1.69 bits per heavy atom. The van der Waals surface area contributed by atoms with Crippen LogP contribution in [0.15, 0.2) is 48.5 Å². The quantitative estimate of drug-likeness (QED) is 0.203. The van der Waals surface area contributed by atoms with Gasteiger partial charge in [0.05, 0.1) is 12.2 Å². The van der Waals surface area contributed by atoms with Crippen LogP contribution in [0.1, 0.15) is 16.7 Å². The molecule has 0 saturated carbocycles. The van der Waals surface area contributed by atoms with Gasteiger partial charge in [-0.1, -0.05) is 42.2 Å². The van der Waals surface area contributed by atoms with Crippen molar-refractivity contribution in [2.75, 3.05) is 24.5 Å². The molecule has 3 amide bonds. The lowest BCUT2D eigenvalue weighted by Crippen LogP contribution is -2.48. The van der Waals surface area contributed by atoms with Gasteiger partial charge in [-0.05, 0) is 23.8 Å². The molecule has 0 aromatic heterocycles. The van der Waals surface area contributed by atoms with E-state index >= 15 is 0 Å². The Bertz CT molecular complexity index is 1170. The molecule has 0 saturated heterocycles. The monoisotopic (exact) mass is 458 g/mol. The van der Waals surface area contributed by atoms with E-state index in [0.29, 0.717) is 17.8 Å². The van der Waals surface area contributed by atoms with E-state index in [2.05, 4.69) is 26.8 Å². The van der Waals surface area contributed by atoms with Crippen LogP contribution in [0.25, 0.3) is 0 Å². The minimum atomic E-state index is -4.54.